The topological polar surface area (TPSA) is 105 Å². The molecule has 10 heteroatoms. The van der Waals surface area contributed by atoms with Crippen molar-refractivity contribution in [3.63, 3.8) is 0 Å². The third kappa shape index (κ3) is 5.50. The highest BCUT2D eigenvalue weighted by Gasteiger charge is 2.28. The van der Waals surface area contributed by atoms with E-state index in [1.54, 1.807) is 19.1 Å². The molecule has 1 saturated heterocycles. The molecule has 2 heterocycles. The Morgan fingerprint density at radius 3 is 2.60 bits per heavy atom. The van der Waals surface area contributed by atoms with Crippen LogP contribution < -0.4 is 10.6 Å². The van der Waals surface area contributed by atoms with Crippen LogP contribution in [0.15, 0.2) is 24.3 Å². The van der Waals surface area contributed by atoms with Gasteiger partial charge in [0, 0.05) is 29.5 Å². The van der Waals surface area contributed by atoms with Gasteiger partial charge in [-0.15, -0.1) is 11.3 Å². The lowest BCUT2D eigenvalue weighted by atomic mass is 10.1. The summed E-state index contributed by atoms with van der Waals surface area (Å²) < 4.78 is 31.8. The van der Waals surface area contributed by atoms with E-state index in [9.17, 15) is 18.0 Å². The molecule has 0 atom stereocenters. The minimum atomic E-state index is -3.19. The molecule has 1 aromatic heterocycles. The Morgan fingerprint density at radius 1 is 1.20 bits per heavy atom. The zero-order valence-corrected chi connectivity index (χ0v) is 18.8. The van der Waals surface area contributed by atoms with E-state index in [1.807, 2.05) is 19.1 Å². The number of thiophene rings is 1. The van der Waals surface area contributed by atoms with Gasteiger partial charge in [-0.2, -0.15) is 0 Å². The highest BCUT2D eigenvalue weighted by molar-refractivity contribution is 7.89. The Labute approximate surface area is 180 Å². The van der Waals surface area contributed by atoms with Crippen molar-refractivity contribution in [2.24, 2.45) is 0 Å². The Kier molecular flexibility index (Phi) is 7.32. The molecule has 30 heavy (non-hydrogen) atoms. The zero-order chi connectivity index (χ0) is 21.7. The second kappa shape index (κ2) is 9.76. The number of anilines is 1. The quantitative estimate of drug-likeness (QED) is 0.625. The number of sulfonamides is 1. The van der Waals surface area contributed by atoms with Crippen LogP contribution in [-0.4, -0.2) is 56.2 Å². The van der Waals surface area contributed by atoms with Gasteiger partial charge < -0.3 is 15.4 Å². The number of hydrogen-bond donors (Lipinski definition) is 2. The van der Waals surface area contributed by atoms with E-state index in [0.717, 1.165) is 10.1 Å². The van der Waals surface area contributed by atoms with Crippen molar-refractivity contribution < 1.29 is 22.7 Å². The first-order chi connectivity index (χ1) is 14.3. The van der Waals surface area contributed by atoms with E-state index in [-0.39, 0.29) is 23.8 Å². The summed E-state index contributed by atoms with van der Waals surface area (Å²) in [5.41, 5.74) is 0.621. The summed E-state index contributed by atoms with van der Waals surface area (Å²) in [6, 6.07) is 6.81. The van der Waals surface area contributed by atoms with Crippen LogP contribution in [0.4, 0.5) is 10.5 Å². The van der Waals surface area contributed by atoms with E-state index in [1.165, 1.54) is 15.6 Å². The lowest BCUT2D eigenvalue weighted by molar-refractivity contribution is 0.0532. The first-order valence-electron chi connectivity index (χ1n) is 10.1. The van der Waals surface area contributed by atoms with Crippen LogP contribution in [0.2, 0.25) is 0 Å². The molecule has 0 aliphatic carbocycles. The minimum Gasteiger partial charge on any atom is -0.462 e. The molecule has 2 amide bonds. The van der Waals surface area contributed by atoms with Crippen LogP contribution in [0.25, 0.3) is 10.1 Å². The number of urea groups is 1. The molecule has 2 aromatic rings. The largest absolute Gasteiger partial charge is 0.462 e. The van der Waals surface area contributed by atoms with Crippen LogP contribution in [0.1, 0.15) is 42.8 Å². The zero-order valence-electron chi connectivity index (χ0n) is 17.1. The van der Waals surface area contributed by atoms with Crippen molar-refractivity contribution >= 4 is 49.1 Å². The van der Waals surface area contributed by atoms with Crippen LogP contribution in [-0.2, 0) is 14.8 Å². The van der Waals surface area contributed by atoms with E-state index in [2.05, 4.69) is 10.6 Å². The number of carbonyl (C=O) groups excluding carboxylic acids is 2. The van der Waals surface area contributed by atoms with Gasteiger partial charge in [0.25, 0.3) is 0 Å². The van der Waals surface area contributed by atoms with Gasteiger partial charge in [0.05, 0.1) is 12.4 Å². The predicted octanol–water partition coefficient (Wildman–Crippen LogP) is 3.40. The van der Waals surface area contributed by atoms with Gasteiger partial charge in [-0.1, -0.05) is 6.92 Å². The molecule has 2 N–H and O–H groups in total. The fraction of sp³-hybridized carbons (Fsp3) is 0.500. The second-order valence-electron chi connectivity index (χ2n) is 7.17. The van der Waals surface area contributed by atoms with E-state index >= 15 is 0 Å². The maximum atomic E-state index is 12.4. The first kappa shape index (κ1) is 22.5. The number of nitrogens with one attached hydrogen (secondary N) is 2. The van der Waals surface area contributed by atoms with Crippen molar-refractivity contribution in [2.45, 2.75) is 39.2 Å². The number of hydrogen-bond acceptors (Lipinski definition) is 6. The lowest BCUT2D eigenvalue weighted by Gasteiger charge is -2.31. The average molecular weight is 454 g/mol. The summed E-state index contributed by atoms with van der Waals surface area (Å²) in [5.74, 6) is -0.188. The fourth-order valence-electron chi connectivity index (χ4n) is 3.44. The van der Waals surface area contributed by atoms with Gasteiger partial charge >= 0.3 is 12.0 Å². The molecule has 0 radical (unpaired) electrons. The Hall–Kier alpha value is -2.17. The molecule has 8 nitrogen and oxygen atoms in total. The minimum absolute atomic E-state index is 0.0710. The molecule has 164 valence electrons. The molecule has 1 aromatic carbocycles. The maximum Gasteiger partial charge on any atom is 0.348 e. The summed E-state index contributed by atoms with van der Waals surface area (Å²) in [7, 11) is -3.19. The highest BCUT2D eigenvalue weighted by Crippen LogP contribution is 2.28. The van der Waals surface area contributed by atoms with Crippen molar-refractivity contribution in [2.75, 3.05) is 30.8 Å². The van der Waals surface area contributed by atoms with E-state index < -0.39 is 10.0 Å². The van der Waals surface area contributed by atoms with Gasteiger partial charge in [0.15, 0.2) is 0 Å². The highest BCUT2D eigenvalue weighted by atomic mass is 32.2. The molecule has 0 bridgehead atoms. The number of esters is 1. The van der Waals surface area contributed by atoms with E-state index in [0.29, 0.717) is 49.5 Å². The number of nitrogens with zero attached hydrogens (tertiary/aromatic N) is 1. The van der Waals surface area contributed by atoms with Crippen molar-refractivity contribution in [3.8, 4) is 0 Å². The maximum absolute atomic E-state index is 12.4. The Bertz CT molecular complexity index is 1010. The van der Waals surface area contributed by atoms with Crippen LogP contribution in [0.3, 0.4) is 0 Å². The Morgan fingerprint density at radius 2 is 1.93 bits per heavy atom. The standard InChI is InChI=1S/C20H27N3O5S2/c1-3-11-30(26,27)23-9-7-15(8-10-23)21-20(25)22-16-5-6-17-14(12-16)13-18(29-17)19(24)28-4-2/h5-6,12-13,15H,3-4,7-11H2,1-2H3,(H2,21,22,25). The number of carbonyl (C=O) groups is 2. The smallest absolute Gasteiger partial charge is 0.348 e. The summed E-state index contributed by atoms with van der Waals surface area (Å²) in [4.78, 5) is 24.8. The normalized spacial score (nSPS) is 15.8. The van der Waals surface area contributed by atoms with Crippen molar-refractivity contribution in [1.29, 1.82) is 0 Å². The average Bonchev–Trinajstić information content (AvgIpc) is 3.12. The SMILES string of the molecule is CCCS(=O)(=O)N1CCC(NC(=O)Nc2ccc3sc(C(=O)OCC)cc3c2)CC1. The fourth-order valence-corrected chi connectivity index (χ4v) is 5.92. The monoisotopic (exact) mass is 453 g/mol. The van der Waals surface area contributed by atoms with Crippen molar-refractivity contribution in [1.82, 2.24) is 9.62 Å². The third-order valence-electron chi connectivity index (χ3n) is 4.90. The first-order valence-corrected chi connectivity index (χ1v) is 12.5. The lowest BCUT2D eigenvalue weighted by Crippen LogP contribution is -2.47. The summed E-state index contributed by atoms with van der Waals surface area (Å²) in [6.45, 7) is 4.78. The van der Waals surface area contributed by atoms with Crippen LogP contribution in [0, 0.1) is 0 Å². The number of piperidine rings is 1. The van der Waals surface area contributed by atoms with Gasteiger partial charge in [-0.25, -0.2) is 22.3 Å². The summed E-state index contributed by atoms with van der Waals surface area (Å²) in [5, 5.41) is 6.59. The number of ether oxygens (including phenoxy) is 1. The molecular formula is C20H27N3O5S2. The third-order valence-corrected chi connectivity index (χ3v) is 8.07. The van der Waals surface area contributed by atoms with Crippen molar-refractivity contribution in [3.05, 3.63) is 29.1 Å². The molecule has 1 fully saturated rings. The van der Waals surface area contributed by atoms with Gasteiger partial charge in [0.2, 0.25) is 10.0 Å². The van der Waals surface area contributed by atoms with E-state index in [4.69, 9.17) is 4.74 Å². The van der Waals surface area contributed by atoms with Gasteiger partial charge in [0.1, 0.15) is 4.88 Å². The second-order valence-corrected chi connectivity index (χ2v) is 10.3. The van der Waals surface area contributed by atoms with Gasteiger partial charge in [-0.05, 0) is 55.8 Å². The van der Waals surface area contributed by atoms with Crippen LogP contribution >= 0.6 is 11.3 Å². The Balaban J connectivity index is 1.55. The molecule has 0 saturated carbocycles. The number of fused-ring (bicyclic) bond motifs is 1. The van der Waals surface area contributed by atoms with Crippen LogP contribution in [0.5, 0.6) is 0 Å². The number of rotatable bonds is 7. The predicted molar refractivity (Wildman–Crippen MR) is 119 cm³/mol. The molecular weight excluding hydrogens is 426 g/mol. The molecule has 1 aliphatic heterocycles. The number of amides is 2. The van der Waals surface area contributed by atoms with Gasteiger partial charge in [-0.3, -0.25) is 0 Å². The summed E-state index contributed by atoms with van der Waals surface area (Å²) in [6.07, 6.45) is 1.77. The molecule has 3 rings (SSSR count). The molecule has 1 aliphatic rings. The summed E-state index contributed by atoms with van der Waals surface area (Å²) >= 11 is 1.35. The number of benzene rings is 1. The molecule has 0 spiro atoms. The molecule has 0 unspecified atom stereocenters.